The highest BCUT2D eigenvalue weighted by molar-refractivity contribution is 5.83. The molecule has 0 spiro atoms. The van der Waals surface area contributed by atoms with Gasteiger partial charge in [-0.3, -0.25) is 5.10 Å². The molecule has 0 aliphatic carbocycles. The number of nitrogens with two attached hydrogens (primary N) is 1. The number of hydrogen-bond donors (Lipinski definition) is 2. The summed E-state index contributed by atoms with van der Waals surface area (Å²) >= 11 is 0. The monoisotopic (exact) mass is 297 g/mol. The van der Waals surface area contributed by atoms with E-state index in [-0.39, 0.29) is 0 Å². The minimum atomic E-state index is 0.527. The molecule has 3 N–H and O–H groups in total. The second kappa shape index (κ2) is 5.83. The molecule has 0 radical (unpaired) electrons. The van der Waals surface area contributed by atoms with Gasteiger partial charge in [-0.05, 0) is 24.5 Å². The number of rotatable bonds is 5. The van der Waals surface area contributed by atoms with Crippen molar-refractivity contribution in [3.63, 3.8) is 0 Å². The number of nitrogen functional groups attached to an aromatic ring is 1. The van der Waals surface area contributed by atoms with E-state index in [0.717, 1.165) is 47.4 Å². The molecular weight excluding hydrogens is 274 g/mol. The first-order chi connectivity index (χ1) is 10.7. The van der Waals surface area contributed by atoms with Gasteiger partial charge >= 0.3 is 0 Å². The van der Waals surface area contributed by atoms with Crippen LogP contribution in [0.5, 0.6) is 0 Å². The van der Waals surface area contributed by atoms with Gasteiger partial charge in [0.2, 0.25) is 0 Å². The Bertz CT molecular complexity index is 780. The van der Waals surface area contributed by atoms with Gasteiger partial charge in [-0.25, -0.2) is 4.98 Å². The molecule has 116 valence electrons. The van der Waals surface area contributed by atoms with Crippen molar-refractivity contribution in [1.82, 2.24) is 19.7 Å². The Kier molecular flexibility index (Phi) is 3.88. The van der Waals surface area contributed by atoms with E-state index in [4.69, 9.17) is 10.7 Å². The first kappa shape index (κ1) is 14.6. The van der Waals surface area contributed by atoms with Gasteiger partial charge in [-0.2, -0.15) is 5.10 Å². The van der Waals surface area contributed by atoms with Crippen LogP contribution in [0.4, 0.5) is 5.82 Å². The smallest absolute Gasteiger partial charge is 0.156 e. The highest BCUT2D eigenvalue weighted by Crippen LogP contribution is 2.31. The van der Waals surface area contributed by atoms with Gasteiger partial charge in [0.15, 0.2) is 5.82 Å². The molecular formula is C17H23N5. The Morgan fingerprint density at radius 2 is 1.95 bits per heavy atom. The third-order valence-corrected chi connectivity index (χ3v) is 4.53. The van der Waals surface area contributed by atoms with E-state index in [1.807, 2.05) is 25.2 Å². The number of hydrogen-bond acceptors (Lipinski definition) is 3. The fourth-order valence-corrected chi connectivity index (χ4v) is 3.03. The minimum Gasteiger partial charge on any atom is -0.382 e. The normalized spacial score (nSPS) is 11.6. The molecule has 1 aromatic carbocycles. The molecule has 22 heavy (non-hydrogen) atoms. The van der Waals surface area contributed by atoms with Gasteiger partial charge in [0.05, 0.1) is 16.6 Å². The summed E-state index contributed by atoms with van der Waals surface area (Å²) in [5.41, 5.74) is 10.2. The maximum Gasteiger partial charge on any atom is 0.156 e. The average molecular weight is 297 g/mol. The molecule has 3 rings (SSSR count). The summed E-state index contributed by atoms with van der Waals surface area (Å²) in [6.07, 6.45) is 3.25. The number of H-pyrrole nitrogens is 1. The van der Waals surface area contributed by atoms with Crippen LogP contribution in [-0.4, -0.2) is 19.7 Å². The Morgan fingerprint density at radius 1 is 1.23 bits per heavy atom. The number of anilines is 1. The van der Waals surface area contributed by atoms with Gasteiger partial charge in [0.1, 0.15) is 5.82 Å². The molecule has 0 saturated carbocycles. The van der Waals surface area contributed by atoms with E-state index in [0.29, 0.717) is 11.7 Å². The van der Waals surface area contributed by atoms with Crippen LogP contribution in [-0.2, 0) is 13.5 Å². The van der Waals surface area contributed by atoms with E-state index in [1.54, 1.807) is 0 Å². The van der Waals surface area contributed by atoms with Crippen LogP contribution < -0.4 is 5.73 Å². The summed E-state index contributed by atoms with van der Waals surface area (Å²) < 4.78 is 2.09. The molecule has 5 heteroatoms. The molecule has 0 aliphatic rings. The van der Waals surface area contributed by atoms with Crippen molar-refractivity contribution < 1.29 is 0 Å². The maximum absolute atomic E-state index is 6.13. The summed E-state index contributed by atoms with van der Waals surface area (Å²) in [6, 6.07) is 8.12. The number of imidazole rings is 1. The maximum atomic E-state index is 6.13. The molecule has 0 amide bonds. The Morgan fingerprint density at radius 3 is 2.64 bits per heavy atom. The SMILES string of the molecule is CCC(CC)Cc1[nH]nc(N)c1-c1nc2ccccc2n1C. The second-order valence-corrected chi connectivity index (χ2v) is 5.83. The largest absolute Gasteiger partial charge is 0.382 e. The lowest BCUT2D eigenvalue weighted by molar-refractivity contribution is 0.485. The van der Waals surface area contributed by atoms with Crippen molar-refractivity contribution in [3.8, 4) is 11.4 Å². The molecule has 0 fully saturated rings. The summed E-state index contributed by atoms with van der Waals surface area (Å²) in [6.45, 7) is 4.45. The quantitative estimate of drug-likeness (QED) is 0.756. The van der Waals surface area contributed by atoms with Crippen molar-refractivity contribution in [2.75, 3.05) is 5.73 Å². The predicted molar refractivity (Wildman–Crippen MR) is 90.5 cm³/mol. The van der Waals surface area contributed by atoms with Crippen LogP contribution in [0, 0.1) is 5.92 Å². The van der Waals surface area contributed by atoms with Crippen molar-refractivity contribution in [1.29, 1.82) is 0 Å². The van der Waals surface area contributed by atoms with E-state index in [1.165, 1.54) is 0 Å². The Hall–Kier alpha value is -2.30. The van der Waals surface area contributed by atoms with Gasteiger partial charge in [0, 0.05) is 12.7 Å². The topological polar surface area (TPSA) is 72.5 Å². The van der Waals surface area contributed by atoms with Crippen LogP contribution >= 0.6 is 0 Å². The zero-order valence-electron chi connectivity index (χ0n) is 13.4. The highest BCUT2D eigenvalue weighted by Gasteiger charge is 2.20. The predicted octanol–water partition coefficient (Wildman–Crippen LogP) is 3.52. The average Bonchev–Trinajstić information content (AvgIpc) is 3.05. The summed E-state index contributed by atoms with van der Waals surface area (Å²) in [5.74, 6) is 2.04. The molecule has 2 heterocycles. The van der Waals surface area contributed by atoms with Crippen LogP contribution in [0.15, 0.2) is 24.3 Å². The Balaban J connectivity index is 2.10. The molecule has 0 bridgehead atoms. The van der Waals surface area contributed by atoms with Crippen LogP contribution in [0.3, 0.4) is 0 Å². The van der Waals surface area contributed by atoms with Gasteiger partial charge in [-0.15, -0.1) is 0 Å². The third kappa shape index (κ3) is 2.36. The number of aryl methyl sites for hydroxylation is 1. The number of para-hydroxylation sites is 2. The number of benzene rings is 1. The van der Waals surface area contributed by atoms with Crippen LogP contribution in [0.25, 0.3) is 22.4 Å². The number of nitrogens with one attached hydrogen (secondary N) is 1. The lowest BCUT2D eigenvalue weighted by Crippen LogP contribution is -2.05. The van der Waals surface area contributed by atoms with E-state index in [9.17, 15) is 0 Å². The van der Waals surface area contributed by atoms with Crippen molar-refractivity contribution >= 4 is 16.9 Å². The molecule has 0 unspecified atom stereocenters. The molecule has 3 aromatic rings. The summed E-state index contributed by atoms with van der Waals surface area (Å²) in [5, 5.41) is 7.34. The van der Waals surface area contributed by atoms with E-state index in [2.05, 4.69) is 34.7 Å². The van der Waals surface area contributed by atoms with Crippen molar-refractivity contribution in [2.45, 2.75) is 33.1 Å². The fourth-order valence-electron chi connectivity index (χ4n) is 3.03. The summed E-state index contributed by atoms with van der Waals surface area (Å²) in [4.78, 5) is 4.76. The van der Waals surface area contributed by atoms with Crippen LogP contribution in [0.1, 0.15) is 32.4 Å². The summed E-state index contributed by atoms with van der Waals surface area (Å²) in [7, 11) is 2.03. The Labute approximate surface area is 130 Å². The lowest BCUT2D eigenvalue weighted by Gasteiger charge is -2.12. The zero-order valence-corrected chi connectivity index (χ0v) is 13.4. The third-order valence-electron chi connectivity index (χ3n) is 4.53. The molecule has 2 aromatic heterocycles. The second-order valence-electron chi connectivity index (χ2n) is 5.83. The zero-order chi connectivity index (χ0) is 15.7. The van der Waals surface area contributed by atoms with Gasteiger partial charge in [-0.1, -0.05) is 38.8 Å². The lowest BCUT2D eigenvalue weighted by atomic mass is 9.96. The van der Waals surface area contributed by atoms with Crippen molar-refractivity contribution in [3.05, 3.63) is 30.0 Å². The molecule has 5 nitrogen and oxygen atoms in total. The fraction of sp³-hybridized carbons (Fsp3) is 0.412. The van der Waals surface area contributed by atoms with Crippen LogP contribution in [0.2, 0.25) is 0 Å². The minimum absolute atomic E-state index is 0.527. The van der Waals surface area contributed by atoms with E-state index < -0.39 is 0 Å². The first-order valence-corrected chi connectivity index (χ1v) is 7.90. The number of aromatic nitrogens is 4. The van der Waals surface area contributed by atoms with Crippen molar-refractivity contribution in [2.24, 2.45) is 13.0 Å². The standard InChI is InChI=1S/C17H23N5/c1-4-11(5-2)10-13-15(16(18)21-20-13)17-19-12-8-6-7-9-14(12)22(17)3/h6-9,11H,4-5,10H2,1-3H3,(H3,18,20,21). The molecule has 0 saturated heterocycles. The number of aromatic amines is 1. The highest BCUT2D eigenvalue weighted by atomic mass is 15.2. The number of fused-ring (bicyclic) bond motifs is 1. The molecule has 0 aliphatic heterocycles. The first-order valence-electron chi connectivity index (χ1n) is 7.90. The van der Waals surface area contributed by atoms with Gasteiger partial charge < -0.3 is 10.3 Å². The van der Waals surface area contributed by atoms with E-state index >= 15 is 0 Å². The molecule has 0 atom stereocenters. The number of nitrogens with zero attached hydrogens (tertiary/aromatic N) is 3. The van der Waals surface area contributed by atoms with Gasteiger partial charge in [0.25, 0.3) is 0 Å².